The number of nitrogens with zero attached hydrogens (tertiary/aromatic N) is 2. The summed E-state index contributed by atoms with van der Waals surface area (Å²) in [6.45, 7) is 5.31. The number of aromatic nitrogens is 1. The minimum absolute atomic E-state index is 0.104. The van der Waals surface area contributed by atoms with E-state index in [1.807, 2.05) is 24.1 Å². The molecule has 100 valence electrons. The van der Waals surface area contributed by atoms with Gasteiger partial charge in [0, 0.05) is 18.5 Å². The van der Waals surface area contributed by atoms with Crippen LogP contribution in [0.4, 0.5) is 0 Å². The summed E-state index contributed by atoms with van der Waals surface area (Å²) in [7, 11) is 0. The van der Waals surface area contributed by atoms with Gasteiger partial charge in [-0.1, -0.05) is 0 Å². The number of rotatable bonds is 3. The quantitative estimate of drug-likeness (QED) is 0.800. The Morgan fingerprint density at radius 3 is 2.78 bits per heavy atom. The Kier molecular flexibility index (Phi) is 4.59. The molecule has 1 aromatic rings. The summed E-state index contributed by atoms with van der Waals surface area (Å²) in [6, 6.07) is 0. The lowest BCUT2D eigenvalue weighted by Gasteiger charge is -2.35. The molecule has 1 amide bonds. The molecule has 4 nitrogen and oxygen atoms in total. The van der Waals surface area contributed by atoms with E-state index < -0.39 is 0 Å². The Balaban J connectivity index is 1.94. The molecule has 0 aromatic carbocycles. The average Bonchev–Trinajstić information content (AvgIpc) is 2.75. The Hall–Kier alpha value is -0.650. The van der Waals surface area contributed by atoms with Crippen molar-refractivity contribution in [1.29, 1.82) is 0 Å². The van der Waals surface area contributed by atoms with Gasteiger partial charge in [-0.2, -0.15) is 0 Å². The molecule has 2 rings (SSSR count). The van der Waals surface area contributed by atoms with Gasteiger partial charge < -0.3 is 9.64 Å². The molecule has 6 heteroatoms. The van der Waals surface area contributed by atoms with E-state index in [4.69, 9.17) is 16.3 Å². The van der Waals surface area contributed by atoms with Gasteiger partial charge in [0.1, 0.15) is 5.01 Å². The molecule has 1 fully saturated rings. The van der Waals surface area contributed by atoms with Crippen LogP contribution in [-0.4, -0.2) is 41.1 Å². The monoisotopic (exact) mass is 288 g/mol. The van der Waals surface area contributed by atoms with E-state index >= 15 is 0 Å². The van der Waals surface area contributed by atoms with E-state index in [2.05, 4.69) is 4.98 Å². The first kappa shape index (κ1) is 13.8. The number of carbonyl (C=O) groups excluding carboxylic acids is 1. The van der Waals surface area contributed by atoms with Crippen molar-refractivity contribution >= 4 is 28.8 Å². The summed E-state index contributed by atoms with van der Waals surface area (Å²) in [4.78, 5) is 18.3. The number of hydrogen-bond donors (Lipinski definition) is 0. The fraction of sp³-hybridized carbons (Fsp3) is 0.667. The van der Waals surface area contributed by atoms with Crippen LogP contribution in [0.5, 0.6) is 0 Å². The van der Waals surface area contributed by atoms with Crippen molar-refractivity contribution in [3.05, 3.63) is 16.1 Å². The van der Waals surface area contributed by atoms with Crippen LogP contribution in [0.25, 0.3) is 0 Å². The summed E-state index contributed by atoms with van der Waals surface area (Å²) < 4.78 is 5.61. The molecule has 1 aromatic heterocycles. The first-order valence-electron chi connectivity index (χ1n) is 6.01. The molecule has 0 radical (unpaired) electrons. The second-order valence-electron chi connectivity index (χ2n) is 4.60. The molecule has 0 saturated carbocycles. The molecular formula is C12H17ClN2O2S. The number of carbonyl (C=O) groups is 1. The van der Waals surface area contributed by atoms with Crippen LogP contribution < -0.4 is 0 Å². The molecule has 2 atom stereocenters. The van der Waals surface area contributed by atoms with Crippen molar-refractivity contribution < 1.29 is 9.53 Å². The van der Waals surface area contributed by atoms with Crippen LogP contribution in [0.15, 0.2) is 5.38 Å². The Morgan fingerprint density at radius 2 is 2.22 bits per heavy atom. The second-order valence-corrected chi connectivity index (χ2v) is 5.81. The zero-order chi connectivity index (χ0) is 13.1. The van der Waals surface area contributed by atoms with Crippen molar-refractivity contribution in [1.82, 2.24) is 9.88 Å². The maximum Gasteiger partial charge on any atom is 0.229 e. The van der Waals surface area contributed by atoms with Crippen molar-refractivity contribution in [2.75, 3.05) is 13.1 Å². The van der Waals surface area contributed by atoms with Gasteiger partial charge in [0.05, 0.1) is 30.2 Å². The minimum Gasteiger partial charge on any atom is -0.372 e. The van der Waals surface area contributed by atoms with E-state index in [1.54, 1.807) is 0 Å². The van der Waals surface area contributed by atoms with Gasteiger partial charge in [0.25, 0.3) is 0 Å². The Labute approximate surface area is 116 Å². The van der Waals surface area contributed by atoms with Gasteiger partial charge in [0.2, 0.25) is 5.91 Å². The summed E-state index contributed by atoms with van der Waals surface area (Å²) in [6.07, 6.45) is 0.570. The van der Waals surface area contributed by atoms with Crippen LogP contribution in [0.3, 0.4) is 0 Å². The zero-order valence-corrected chi connectivity index (χ0v) is 12.1. The highest BCUT2D eigenvalue weighted by molar-refractivity contribution is 7.09. The lowest BCUT2D eigenvalue weighted by molar-refractivity contribution is -0.142. The first-order chi connectivity index (χ1) is 8.58. The number of morpholine rings is 1. The second kappa shape index (κ2) is 5.99. The minimum atomic E-state index is 0.104. The molecule has 0 aliphatic carbocycles. The van der Waals surface area contributed by atoms with Crippen LogP contribution in [0, 0.1) is 0 Å². The van der Waals surface area contributed by atoms with Crippen LogP contribution >= 0.6 is 22.9 Å². The van der Waals surface area contributed by atoms with E-state index in [1.165, 1.54) is 11.3 Å². The fourth-order valence-corrected chi connectivity index (χ4v) is 3.13. The average molecular weight is 289 g/mol. The summed E-state index contributed by atoms with van der Waals surface area (Å²) in [5, 5.41) is 2.74. The fourth-order valence-electron chi connectivity index (χ4n) is 2.11. The molecule has 18 heavy (non-hydrogen) atoms. The maximum atomic E-state index is 12.2. The zero-order valence-electron chi connectivity index (χ0n) is 10.6. The summed E-state index contributed by atoms with van der Waals surface area (Å²) in [5.41, 5.74) is 0.841. The third-order valence-electron chi connectivity index (χ3n) is 2.81. The van der Waals surface area contributed by atoms with Crippen molar-refractivity contribution in [2.45, 2.75) is 38.4 Å². The van der Waals surface area contributed by atoms with Crippen molar-refractivity contribution in [3.8, 4) is 0 Å². The van der Waals surface area contributed by atoms with Gasteiger partial charge in [-0.15, -0.1) is 22.9 Å². The number of halogens is 1. The normalized spacial score (nSPS) is 24.3. The predicted octanol–water partition coefficient (Wildman–Crippen LogP) is 2.06. The summed E-state index contributed by atoms with van der Waals surface area (Å²) in [5.74, 6) is 0.517. The Morgan fingerprint density at radius 1 is 1.56 bits per heavy atom. The van der Waals surface area contributed by atoms with E-state index in [0.29, 0.717) is 25.4 Å². The largest absolute Gasteiger partial charge is 0.372 e. The molecule has 1 aliphatic rings. The van der Waals surface area contributed by atoms with Gasteiger partial charge in [-0.25, -0.2) is 4.98 Å². The number of thiazole rings is 1. The molecule has 0 N–H and O–H groups in total. The van der Waals surface area contributed by atoms with Crippen LogP contribution in [0.1, 0.15) is 24.5 Å². The number of ether oxygens (including phenoxy) is 1. The third kappa shape index (κ3) is 3.43. The SMILES string of the molecule is CC1CN(C(=O)Cc2nc(CCl)cs2)CC(C)O1. The van der Waals surface area contributed by atoms with E-state index in [-0.39, 0.29) is 18.1 Å². The lowest BCUT2D eigenvalue weighted by atomic mass is 10.2. The number of alkyl halides is 1. The highest BCUT2D eigenvalue weighted by Gasteiger charge is 2.26. The first-order valence-corrected chi connectivity index (χ1v) is 7.42. The van der Waals surface area contributed by atoms with Crippen molar-refractivity contribution in [2.24, 2.45) is 0 Å². The number of hydrogen-bond acceptors (Lipinski definition) is 4. The van der Waals surface area contributed by atoms with E-state index in [9.17, 15) is 4.79 Å². The van der Waals surface area contributed by atoms with Gasteiger partial charge in [-0.3, -0.25) is 4.79 Å². The molecule has 1 saturated heterocycles. The highest BCUT2D eigenvalue weighted by Crippen LogP contribution is 2.16. The lowest BCUT2D eigenvalue weighted by Crippen LogP contribution is -2.48. The van der Waals surface area contributed by atoms with Gasteiger partial charge in [0.15, 0.2) is 0 Å². The van der Waals surface area contributed by atoms with E-state index in [0.717, 1.165) is 10.7 Å². The maximum absolute atomic E-state index is 12.2. The molecule has 2 unspecified atom stereocenters. The van der Waals surface area contributed by atoms with Crippen molar-refractivity contribution in [3.63, 3.8) is 0 Å². The summed E-state index contributed by atoms with van der Waals surface area (Å²) >= 11 is 7.19. The molecule has 0 spiro atoms. The predicted molar refractivity (Wildman–Crippen MR) is 72.0 cm³/mol. The Bertz CT molecular complexity index is 414. The smallest absolute Gasteiger partial charge is 0.229 e. The molecule has 0 bridgehead atoms. The molecular weight excluding hydrogens is 272 g/mol. The highest BCUT2D eigenvalue weighted by atomic mass is 35.5. The van der Waals surface area contributed by atoms with Gasteiger partial charge in [-0.05, 0) is 13.8 Å². The number of amides is 1. The standard InChI is InChI=1S/C12H17ClN2O2S/c1-8-5-15(6-9(2)17-8)12(16)3-11-14-10(4-13)7-18-11/h7-9H,3-6H2,1-2H3. The third-order valence-corrected chi connectivity index (χ3v) is 3.98. The van der Waals surface area contributed by atoms with Gasteiger partial charge >= 0.3 is 0 Å². The molecule has 1 aliphatic heterocycles. The van der Waals surface area contributed by atoms with Crippen LogP contribution in [0.2, 0.25) is 0 Å². The topological polar surface area (TPSA) is 42.4 Å². The van der Waals surface area contributed by atoms with Crippen LogP contribution in [-0.2, 0) is 21.8 Å². The molecule has 2 heterocycles.